The molecule has 0 fully saturated rings. The van der Waals surface area contributed by atoms with Gasteiger partial charge in [0.05, 0.1) is 11.1 Å². The first-order valence-corrected chi connectivity index (χ1v) is 10.7. The van der Waals surface area contributed by atoms with Gasteiger partial charge in [0.2, 0.25) is 0 Å². The quantitative estimate of drug-likeness (QED) is 0.241. The minimum Gasteiger partial charge on any atom is -0.455 e. The van der Waals surface area contributed by atoms with Crippen LogP contribution in [0.5, 0.6) is 0 Å². The van der Waals surface area contributed by atoms with Crippen LogP contribution in [0.1, 0.15) is 37.7 Å². The summed E-state index contributed by atoms with van der Waals surface area (Å²) in [4.78, 5) is 26.0. The fourth-order valence-electron chi connectivity index (χ4n) is 4.41. The molecule has 5 aromatic rings. The molecule has 33 heavy (non-hydrogen) atoms. The van der Waals surface area contributed by atoms with E-state index in [2.05, 4.69) is 0 Å². The number of benzene rings is 3. The zero-order valence-corrected chi connectivity index (χ0v) is 17.9. The van der Waals surface area contributed by atoms with E-state index >= 15 is 0 Å². The third-order valence-corrected chi connectivity index (χ3v) is 6.18. The zero-order chi connectivity index (χ0) is 22.5. The third kappa shape index (κ3) is 3.15. The number of hydrogen-bond acceptors (Lipinski definition) is 3. The van der Waals surface area contributed by atoms with Crippen molar-refractivity contribution >= 4 is 51.7 Å². The molecule has 1 aliphatic rings. The van der Waals surface area contributed by atoms with Gasteiger partial charge in [0.25, 0.3) is 0 Å². The topological polar surface area (TPSA) is 52.2 Å². The molecular formula is C29H19NO3. The van der Waals surface area contributed by atoms with E-state index in [1.807, 2.05) is 90.5 Å². The van der Waals surface area contributed by atoms with Crippen LogP contribution in [0.3, 0.4) is 0 Å². The normalized spacial score (nSPS) is 13.5. The molecule has 0 radical (unpaired) electrons. The van der Waals surface area contributed by atoms with Gasteiger partial charge >= 0.3 is 0 Å². The highest BCUT2D eigenvalue weighted by molar-refractivity contribution is 6.42. The molecule has 0 aliphatic heterocycles. The number of carbonyl (C=O) groups excluding carboxylic acids is 2. The monoisotopic (exact) mass is 429 g/mol. The van der Waals surface area contributed by atoms with Gasteiger partial charge in [-0.15, -0.1) is 0 Å². The van der Waals surface area contributed by atoms with Crippen molar-refractivity contribution in [2.75, 3.05) is 0 Å². The number of aryl methyl sites for hydroxylation is 1. The van der Waals surface area contributed by atoms with Crippen LogP contribution in [0.25, 0.3) is 40.1 Å². The lowest BCUT2D eigenvalue weighted by Crippen LogP contribution is -1.99. The molecule has 1 aliphatic carbocycles. The highest BCUT2D eigenvalue weighted by atomic mass is 16.3. The van der Waals surface area contributed by atoms with E-state index < -0.39 is 0 Å². The van der Waals surface area contributed by atoms with E-state index in [1.54, 1.807) is 18.2 Å². The van der Waals surface area contributed by atoms with Gasteiger partial charge in [-0.3, -0.25) is 9.59 Å². The highest BCUT2D eigenvalue weighted by Crippen LogP contribution is 2.33. The molecule has 0 amide bonds. The SMILES string of the molecule is Cn1c(/C=C/c2ccccc2)cc2oc(C=C3C(=O)c4cc5ccccc5cc4C3=O)cc21. The lowest BCUT2D eigenvalue weighted by molar-refractivity contribution is 0.0990. The second-order valence-corrected chi connectivity index (χ2v) is 8.23. The van der Waals surface area contributed by atoms with Gasteiger partial charge < -0.3 is 8.98 Å². The van der Waals surface area contributed by atoms with E-state index in [4.69, 9.17) is 4.42 Å². The molecule has 0 atom stereocenters. The van der Waals surface area contributed by atoms with Crippen LogP contribution in [0, 0.1) is 0 Å². The Labute approximate surface area is 190 Å². The average molecular weight is 429 g/mol. The molecule has 6 rings (SSSR count). The number of rotatable bonds is 3. The number of aromatic nitrogens is 1. The average Bonchev–Trinajstić information content (AvgIpc) is 3.44. The van der Waals surface area contributed by atoms with Crippen LogP contribution in [-0.4, -0.2) is 16.1 Å². The maximum Gasteiger partial charge on any atom is 0.197 e. The van der Waals surface area contributed by atoms with Crippen LogP contribution >= 0.6 is 0 Å². The summed E-state index contributed by atoms with van der Waals surface area (Å²) in [5.74, 6) is -0.0244. The Balaban J connectivity index is 1.35. The molecule has 0 saturated heterocycles. The fourth-order valence-corrected chi connectivity index (χ4v) is 4.41. The first-order valence-electron chi connectivity index (χ1n) is 10.7. The summed E-state index contributed by atoms with van der Waals surface area (Å²) in [5, 5.41) is 1.89. The number of ketones is 2. The number of hydrogen-bond donors (Lipinski definition) is 0. The second-order valence-electron chi connectivity index (χ2n) is 8.23. The molecule has 2 aromatic heterocycles. The van der Waals surface area contributed by atoms with Crippen LogP contribution in [-0.2, 0) is 7.05 Å². The van der Waals surface area contributed by atoms with E-state index in [0.717, 1.165) is 27.5 Å². The van der Waals surface area contributed by atoms with E-state index in [0.29, 0.717) is 22.5 Å². The Morgan fingerprint density at radius 1 is 0.758 bits per heavy atom. The number of allylic oxidation sites excluding steroid dienone is 1. The van der Waals surface area contributed by atoms with Gasteiger partial charge in [-0.2, -0.15) is 0 Å². The smallest absolute Gasteiger partial charge is 0.197 e. The van der Waals surface area contributed by atoms with Gasteiger partial charge in [0.1, 0.15) is 5.76 Å². The molecule has 2 heterocycles. The number of furan rings is 1. The van der Waals surface area contributed by atoms with Gasteiger partial charge in [-0.1, -0.05) is 60.7 Å². The van der Waals surface area contributed by atoms with Crippen LogP contribution in [0.2, 0.25) is 0 Å². The Hall–Kier alpha value is -4.44. The lowest BCUT2D eigenvalue weighted by atomic mass is 10.0. The van der Waals surface area contributed by atoms with Crippen LogP contribution < -0.4 is 0 Å². The maximum atomic E-state index is 13.0. The summed E-state index contributed by atoms with van der Waals surface area (Å²) in [7, 11) is 1.97. The molecule has 3 aromatic carbocycles. The van der Waals surface area contributed by atoms with Gasteiger partial charge in [-0.25, -0.2) is 0 Å². The van der Waals surface area contributed by atoms with Crippen molar-refractivity contribution in [3.63, 3.8) is 0 Å². The van der Waals surface area contributed by atoms with Crippen molar-refractivity contribution < 1.29 is 14.0 Å². The molecule has 0 unspecified atom stereocenters. The predicted octanol–water partition coefficient (Wildman–Crippen LogP) is 6.56. The number of nitrogens with zero attached hydrogens (tertiary/aromatic N) is 1. The number of carbonyl (C=O) groups is 2. The van der Waals surface area contributed by atoms with E-state index in [9.17, 15) is 9.59 Å². The first kappa shape index (κ1) is 19.3. The minimum atomic E-state index is -0.257. The zero-order valence-electron chi connectivity index (χ0n) is 17.9. The fraction of sp³-hybridized carbons (Fsp3) is 0.0345. The summed E-state index contributed by atoms with van der Waals surface area (Å²) in [5.41, 5.74) is 4.77. The Morgan fingerprint density at radius 2 is 1.39 bits per heavy atom. The molecule has 0 bridgehead atoms. The summed E-state index contributed by atoms with van der Waals surface area (Å²) in [6.45, 7) is 0. The molecule has 4 heteroatoms. The van der Waals surface area contributed by atoms with Crippen molar-refractivity contribution in [3.8, 4) is 0 Å². The Bertz CT molecular complexity index is 1590. The van der Waals surface area contributed by atoms with Gasteiger partial charge in [0.15, 0.2) is 17.1 Å². The maximum absolute atomic E-state index is 13.0. The minimum absolute atomic E-state index is 0.142. The summed E-state index contributed by atoms with van der Waals surface area (Å²) in [6.07, 6.45) is 5.65. The van der Waals surface area contributed by atoms with Crippen molar-refractivity contribution in [1.29, 1.82) is 0 Å². The standard InChI is InChI=1S/C29H19NO3/c1-30-21(12-11-18-7-3-2-4-8-18)15-27-26(30)17-22(33-27)16-25-28(31)23-13-19-9-5-6-10-20(19)14-24(23)29(25)32/h2-17H,1H3/b12-11+. The molecule has 0 saturated carbocycles. The van der Waals surface area contributed by atoms with Crippen molar-refractivity contribution in [1.82, 2.24) is 4.57 Å². The third-order valence-electron chi connectivity index (χ3n) is 6.18. The predicted molar refractivity (Wildman–Crippen MR) is 131 cm³/mol. The highest BCUT2D eigenvalue weighted by Gasteiger charge is 2.33. The molecule has 4 nitrogen and oxygen atoms in total. The summed E-state index contributed by atoms with van der Waals surface area (Å²) >= 11 is 0. The van der Waals surface area contributed by atoms with Crippen molar-refractivity contribution in [3.05, 3.63) is 113 Å². The van der Waals surface area contributed by atoms with Gasteiger partial charge in [-0.05, 0) is 40.6 Å². The summed E-state index contributed by atoms with van der Waals surface area (Å²) < 4.78 is 8.01. The Morgan fingerprint density at radius 3 is 2.03 bits per heavy atom. The molecule has 0 spiro atoms. The van der Waals surface area contributed by atoms with Crippen molar-refractivity contribution in [2.24, 2.45) is 7.05 Å². The number of fused-ring (bicyclic) bond motifs is 3. The second kappa shape index (κ2) is 7.31. The molecular weight excluding hydrogens is 410 g/mol. The molecule has 158 valence electrons. The van der Waals surface area contributed by atoms with E-state index in [-0.39, 0.29) is 17.1 Å². The Kier molecular flexibility index (Phi) is 4.27. The summed E-state index contributed by atoms with van der Waals surface area (Å²) in [6, 6.07) is 25.2. The van der Waals surface area contributed by atoms with Crippen LogP contribution in [0.15, 0.2) is 88.9 Å². The van der Waals surface area contributed by atoms with Crippen LogP contribution in [0.4, 0.5) is 0 Å². The van der Waals surface area contributed by atoms with E-state index in [1.165, 1.54) is 0 Å². The van der Waals surface area contributed by atoms with Crippen molar-refractivity contribution in [2.45, 2.75) is 0 Å². The molecule has 0 N–H and O–H groups in total. The largest absolute Gasteiger partial charge is 0.455 e. The van der Waals surface area contributed by atoms with Gasteiger partial charge in [0, 0.05) is 36.0 Å². The number of Topliss-reactive ketones (excluding diaryl/α,β-unsaturated/α-hetero) is 2. The first-order chi connectivity index (χ1) is 16.1. The lowest BCUT2D eigenvalue weighted by Gasteiger charge is -2.00.